The zero-order valence-corrected chi connectivity index (χ0v) is 13.8. The van der Waals surface area contributed by atoms with Crippen LogP contribution in [0.1, 0.15) is 13.3 Å². The molecular weight excluding hydrogens is 308 g/mol. The summed E-state index contributed by atoms with van der Waals surface area (Å²) in [4.78, 5) is 28.2. The van der Waals surface area contributed by atoms with E-state index in [-0.39, 0.29) is 24.4 Å². The van der Waals surface area contributed by atoms with E-state index in [0.29, 0.717) is 29.9 Å². The standard InChI is InChI=1S/C16H20N6O2/c1-11-5-7-21(14(23)8-17-2)9-13(11)22(3,24)16-12-4-6-18-15(12)19-10-20-16/h4,6,10-11,13H,5,7-9H2,1,3H3,(H,18,19,20)/t11-,13+,22?/m1/s1. The van der Waals surface area contributed by atoms with Gasteiger partial charge in [0.2, 0.25) is 5.82 Å². The molecule has 1 aliphatic heterocycles. The number of aromatic nitrogens is 3. The lowest BCUT2D eigenvalue weighted by Crippen LogP contribution is -2.61. The van der Waals surface area contributed by atoms with Crippen molar-refractivity contribution in [2.24, 2.45) is 5.92 Å². The lowest BCUT2D eigenvalue weighted by atomic mass is 9.91. The van der Waals surface area contributed by atoms with Crippen molar-refractivity contribution in [2.45, 2.75) is 19.4 Å². The molecule has 1 fully saturated rings. The van der Waals surface area contributed by atoms with Gasteiger partial charge in [-0.15, -0.1) is 0 Å². The van der Waals surface area contributed by atoms with Crippen LogP contribution in [-0.2, 0) is 4.79 Å². The number of nitrogens with one attached hydrogen (secondary N) is 1. The van der Waals surface area contributed by atoms with Gasteiger partial charge in [0.05, 0.1) is 13.6 Å². The van der Waals surface area contributed by atoms with E-state index in [9.17, 15) is 10.0 Å². The van der Waals surface area contributed by atoms with E-state index in [1.54, 1.807) is 24.2 Å². The van der Waals surface area contributed by atoms with E-state index >= 15 is 0 Å². The number of piperidine rings is 1. The number of hydrogen-bond acceptors (Lipinski definition) is 4. The maximum Gasteiger partial charge on any atom is 0.302 e. The molecule has 0 radical (unpaired) electrons. The minimum Gasteiger partial charge on any atom is -0.626 e. The minimum atomic E-state index is -0.667. The SMILES string of the molecule is [C-]#[N+]CC(=O)N1CC[C@@H](C)[C@@H]([N+](C)([O-])c2ncnc3[nH]ccc23)C1. The fraction of sp³-hybridized carbons (Fsp3) is 0.500. The van der Waals surface area contributed by atoms with Crippen molar-refractivity contribution >= 4 is 22.8 Å². The Hall–Kier alpha value is -2.50. The summed E-state index contributed by atoms with van der Waals surface area (Å²) in [7, 11) is 1.58. The van der Waals surface area contributed by atoms with E-state index in [1.165, 1.54) is 6.33 Å². The number of likely N-dealkylation sites (tertiary alicyclic amines) is 1. The van der Waals surface area contributed by atoms with Crippen LogP contribution >= 0.6 is 0 Å². The van der Waals surface area contributed by atoms with Gasteiger partial charge in [0.1, 0.15) is 23.4 Å². The molecule has 24 heavy (non-hydrogen) atoms. The van der Waals surface area contributed by atoms with Crippen molar-refractivity contribution in [3.05, 3.63) is 35.2 Å². The number of quaternary nitrogens is 1. The highest BCUT2D eigenvalue weighted by molar-refractivity contribution is 5.86. The average molecular weight is 328 g/mol. The molecule has 1 N–H and O–H groups in total. The number of carbonyl (C=O) groups is 1. The molecule has 2 aromatic rings. The summed E-state index contributed by atoms with van der Waals surface area (Å²) in [5, 5.41) is 14.2. The predicted molar refractivity (Wildman–Crippen MR) is 90.6 cm³/mol. The second-order valence-corrected chi connectivity index (χ2v) is 6.42. The van der Waals surface area contributed by atoms with E-state index in [0.717, 1.165) is 6.42 Å². The van der Waals surface area contributed by atoms with Gasteiger partial charge in [-0.3, -0.25) is 4.79 Å². The van der Waals surface area contributed by atoms with Crippen molar-refractivity contribution < 1.29 is 4.79 Å². The summed E-state index contributed by atoms with van der Waals surface area (Å²) in [6, 6.07) is 1.47. The molecule has 0 saturated carbocycles. The maximum atomic E-state index is 13.5. The van der Waals surface area contributed by atoms with Gasteiger partial charge >= 0.3 is 5.91 Å². The van der Waals surface area contributed by atoms with Crippen LogP contribution in [0.3, 0.4) is 0 Å². The van der Waals surface area contributed by atoms with Gasteiger partial charge in [-0.1, -0.05) is 6.92 Å². The van der Waals surface area contributed by atoms with Gasteiger partial charge in [-0.05, 0) is 12.5 Å². The van der Waals surface area contributed by atoms with E-state index in [1.807, 2.05) is 6.92 Å². The third-order valence-electron chi connectivity index (χ3n) is 4.87. The first-order valence-electron chi connectivity index (χ1n) is 7.92. The van der Waals surface area contributed by atoms with Gasteiger partial charge in [0.15, 0.2) is 0 Å². The van der Waals surface area contributed by atoms with Gasteiger partial charge < -0.3 is 24.6 Å². The van der Waals surface area contributed by atoms with Crippen molar-refractivity contribution in [3.8, 4) is 0 Å². The number of rotatable bonds is 3. The molecular formula is C16H20N6O2. The second-order valence-electron chi connectivity index (χ2n) is 6.42. The van der Waals surface area contributed by atoms with Crippen LogP contribution < -0.4 is 4.65 Å². The number of amides is 1. The molecule has 1 unspecified atom stereocenters. The number of nitrogens with zero attached hydrogens (tertiary/aromatic N) is 5. The summed E-state index contributed by atoms with van der Waals surface area (Å²) in [6.07, 6.45) is 3.86. The molecule has 3 heterocycles. The third kappa shape index (κ3) is 2.72. The van der Waals surface area contributed by atoms with Crippen LogP contribution in [0.4, 0.5) is 5.82 Å². The monoisotopic (exact) mass is 328 g/mol. The van der Waals surface area contributed by atoms with Crippen molar-refractivity contribution in [3.63, 3.8) is 0 Å². The Morgan fingerprint density at radius 1 is 1.58 bits per heavy atom. The molecule has 0 aliphatic carbocycles. The number of H-pyrrole nitrogens is 1. The molecule has 0 bridgehead atoms. The zero-order chi connectivity index (χ0) is 17.3. The van der Waals surface area contributed by atoms with Gasteiger partial charge in [0, 0.05) is 18.7 Å². The molecule has 3 rings (SSSR count). The van der Waals surface area contributed by atoms with Crippen molar-refractivity contribution in [1.82, 2.24) is 24.5 Å². The first kappa shape index (κ1) is 16.4. The topological polar surface area (TPSA) is 89.3 Å². The Kier molecular flexibility index (Phi) is 4.22. The Bertz CT molecular complexity index is 793. The second kappa shape index (κ2) is 6.19. The lowest BCUT2D eigenvalue weighted by Gasteiger charge is -2.50. The molecule has 126 valence electrons. The van der Waals surface area contributed by atoms with Crippen LogP contribution in [0.25, 0.3) is 15.9 Å². The molecule has 1 aliphatic rings. The number of aromatic amines is 1. The minimum absolute atomic E-state index is 0.147. The Balaban J connectivity index is 1.94. The van der Waals surface area contributed by atoms with Crippen LogP contribution in [0, 0.1) is 17.7 Å². The van der Waals surface area contributed by atoms with E-state index < -0.39 is 4.65 Å². The zero-order valence-electron chi connectivity index (χ0n) is 13.8. The van der Waals surface area contributed by atoms with Gasteiger partial charge in [0.25, 0.3) is 6.54 Å². The fourth-order valence-electron chi connectivity index (χ4n) is 3.45. The summed E-state index contributed by atoms with van der Waals surface area (Å²) in [5.41, 5.74) is 0.629. The first-order valence-corrected chi connectivity index (χ1v) is 7.92. The predicted octanol–water partition coefficient (Wildman–Crippen LogP) is 1.55. The molecule has 3 atom stereocenters. The Morgan fingerprint density at radius 2 is 2.38 bits per heavy atom. The van der Waals surface area contributed by atoms with Crippen LogP contribution in [0.2, 0.25) is 0 Å². The summed E-state index contributed by atoms with van der Waals surface area (Å²) < 4.78 is -0.667. The van der Waals surface area contributed by atoms with Gasteiger partial charge in [-0.2, -0.15) is 4.98 Å². The third-order valence-corrected chi connectivity index (χ3v) is 4.87. The fourth-order valence-corrected chi connectivity index (χ4v) is 3.45. The number of fused-ring (bicyclic) bond motifs is 1. The number of likely N-dealkylation sites (N-methyl/N-ethyl adjacent to an activating group) is 1. The summed E-state index contributed by atoms with van der Waals surface area (Å²) >= 11 is 0. The van der Waals surface area contributed by atoms with Crippen LogP contribution in [-0.4, -0.2) is 58.5 Å². The molecule has 1 amide bonds. The molecule has 8 nitrogen and oxygen atoms in total. The quantitative estimate of drug-likeness (QED) is 0.526. The van der Waals surface area contributed by atoms with Crippen molar-refractivity contribution in [2.75, 3.05) is 26.7 Å². The molecule has 8 heteroatoms. The maximum absolute atomic E-state index is 13.5. The number of hydroxylamine groups is 2. The highest BCUT2D eigenvalue weighted by Gasteiger charge is 2.40. The molecule has 1 saturated heterocycles. The first-order chi connectivity index (χ1) is 11.4. The smallest absolute Gasteiger partial charge is 0.302 e. The Labute approximate surface area is 140 Å². The molecule has 0 spiro atoms. The highest BCUT2D eigenvalue weighted by atomic mass is 16.5. The van der Waals surface area contributed by atoms with Crippen LogP contribution in [0.15, 0.2) is 18.6 Å². The number of carbonyl (C=O) groups excluding carboxylic acids is 1. The van der Waals surface area contributed by atoms with Crippen molar-refractivity contribution in [1.29, 1.82) is 0 Å². The number of hydrogen-bond donors (Lipinski definition) is 1. The van der Waals surface area contributed by atoms with Crippen LogP contribution in [0.5, 0.6) is 0 Å². The van der Waals surface area contributed by atoms with E-state index in [4.69, 9.17) is 6.57 Å². The average Bonchev–Trinajstić information content (AvgIpc) is 3.03. The summed E-state index contributed by atoms with van der Waals surface area (Å²) in [6.45, 7) is 9.66. The lowest BCUT2D eigenvalue weighted by molar-refractivity contribution is -0.131. The Morgan fingerprint density at radius 3 is 3.12 bits per heavy atom. The largest absolute Gasteiger partial charge is 0.626 e. The van der Waals surface area contributed by atoms with E-state index in [2.05, 4.69) is 19.8 Å². The highest BCUT2D eigenvalue weighted by Crippen LogP contribution is 2.33. The molecule has 2 aromatic heterocycles. The van der Waals surface area contributed by atoms with Gasteiger partial charge in [-0.25, -0.2) is 11.6 Å². The molecule has 0 aromatic carbocycles. The normalized spacial score (nSPS) is 23.7. The summed E-state index contributed by atoms with van der Waals surface area (Å²) in [5.74, 6) is 0.336.